The van der Waals surface area contributed by atoms with Crippen LogP contribution in [0.15, 0.2) is 34.7 Å². The summed E-state index contributed by atoms with van der Waals surface area (Å²) in [6, 6.07) is 9.08. The van der Waals surface area contributed by atoms with Gasteiger partial charge in [0.2, 0.25) is 0 Å². The molecule has 16 heavy (non-hydrogen) atoms. The Morgan fingerprint density at radius 3 is 2.38 bits per heavy atom. The smallest absolute Gasteiger partial charge is 0.163 e. The van der Waals surface area contributed by atoms with E-state index in [2.05, 4.69) is 0 Å². The number of benzene rings is 1. The lowest BCUT2D eigenvalue weighted by Crippen LogP contribution is -1.90. The van der Waals surface area contributed by atoms with Crippen molar-refractivity contribution in [2.45, 2.75) is 13.8 Å². The zero-order valence-corrected chi connectivity index (χ0v) is 9.84. The van der Waals surface area contributed by atoms with Gasteiger partial charge in [-0.2, -0.15) is 0 Å². The second-order valence-corrected chi connectivity index (χ2v) is 4.08. The van der Waals surface area contributed by atoms with Crippen LogP contribution in [0.4, 0.5) is 0 Å². The van der Waals surface area contributed by atoms with Crippen LogP contribution >= 0.6 is 11.6 Å². The Hall–Kier alpha value is -1.54. The number of hydrogen-bond donors (Lipinski definition) is 0. The van der Waals surface area contributed by atoms with Crippen molar-refractivity contribution in [3.8, 4) is 11.3 Å². The van der Waals surface area contributed by atoms with Gasteiger partial charge in [-0.15, -0.1) is 0 Å². The minimum atomic E-state index is 0.0152. The van der Waals surface area contributed by atoms with Crippen LogP contribution in [0.2, 0.25) is 5.02 Å². The number of ketones is 1. The molecule has 82 valence electrons. The molecule has 2 rings (SSSR count). The SMILES string of the molecule is CC(=O)c1cc(-c2ccc(Cl)cc2)oc1C. The molecule has 0 saturated heterocycles. The minimum absolute atomic E-state index is 0.0152. The third-order valence-electron chi connectivity index (χ3n) is 2.43. The van der Waals surface area contributed by atoms with Crippen molar-refractivity contribution in [2.24, 2.45) is 0 Å². The maximum Gasteiger partial charge on any atom is 0.163 e. The Labute approximate surface area is 98.8 Å². The molecule has 1 aromatic heterocycles. The van der Waals surface area contributed by atoms with Crippen LogP contribution in [-0.2, 0) is 0 Å². The lowest BCUT2D eigenvalue weighted by molar-refractivity contribution is 0.101. The van der Waals surface area contributed by atoms with Crippen LogP contribution < -0.4 is 0 Å². The Bertz CT molecular complexity index is 523. The second-order valence-electron chi connectivity index (χ2n) is 3.64. The van der Waals surface area contributed by atoms with Crippen LogP contribution in [0.25, 0.3) is 11.3 Å². The highest BCUT2D eigenvalue weighted by molar-refractivity contribution is 6.30. The van der Waals surface area contributed by atoms with Crippen LogP contribution in [0.3, 0.4) is 0 Å². The number of aryl methyl sites for hydroxylation is 1. The Balaban J connectivity index is 2.45. The topological polar surface area (TPSA) is 30.2 Å². The highest BCUT2D eigenvalue weighted by Crippen LogP contribution is 2.26. The first-order valence-corrected chi connectivity index (χ1v) is 5.33. The Morgan fingerprint density at radius 2 is 1.88 bits per heavy atom. The van der Waals surface area contributed by atoms with Crippen molar-refractivity contribution >= 4 is 17.4 Å². The van der Waals surface area contributed by atoms with E-state index in [4.69, 9.17) is 16.0 Å². The first-order chi connectivity index (χ1) is 7.58. The van der Waals surface area contributed by atoms with Gasteiger partial charge >= 0.3 is 0 Å². The molecule has 0 atom stereocenters. The summed E-state index contributed by atoms with van der Waals surface area (Å²) in [5.41, 5.74) is 1.55. The summed E-state index contributed by atoms with van der Waals surface area (Å²) in [5, 5.41) is 0.679. The fourth-order valence-electron chi connectivity index (χ4n) is 1.59. The molecule has 1 heterocycles. The number of rotatable bonds is 2. The van der Waals surface area contributed by atoms with Crippen LogP contribution in [0.5, 0.6) is 0 Å². The van der Waals surface area contributed by atoms with Gasteiger partial charge in [-0.3, -0.25) is 4.79 Å². The van der Waals surface area contributed by atoms with E-state index in [1.807, 2.05) is 12.1 Å². The molecule has 0 amide bonds. The fourth-order valence-corrected chi connectivity index (χ4v) is 1.71. The summed E-state index contributed by atoms with van der Waals surface area (Å²) < 4.78 is 5.54. The Kier molecular flexibility index (Phi) is 2.84. The van der Waals surface area contributed by atoms with E-state index in [0.29, 0.717) is 22.1 Å². The third-order valence-corrected chi connectivity index (χ3v) is 2.68. The Morgan fingerprint density at radius 1 is 1.25 bits per heavy atom. The average molecular weight is 235 g/mol. The molecular weight excluding hydrogens is 224 g/mol. The molecule has 3 heteroatoms. The zero-order chi connectivity index (χ0) is 11.7. The predicted octanol–water partition coefficient (Wildman–Crippen LogP) is 4.11. The highest BCUT2D eigenvalue weighted by Gasteiger charge is 2.12. The molecule has 0 fully saturated rings. The first kappa shape index (κ1) is 11.0. The van der Waals surface area contributed by atoms with E-state index in [9.17, 15) is 4.79 Å². The van der Waals surface area contributed by atoms with Crippen molar-refractivity contribution in [1.82, 2.24) is 0 Å². The van der Waals surface area contributed by atoms with Crippen LogP contribution in [0.1, 0.15) is 23.0 Å². The van der Waals surface area contributed by atoms with Gasteiger partial charge in [-0.1, -0.05) is 11.6 Å². The van der Waals surface area contributed by atoms with E-state index < -0.39 is 0 Å². The third kappa shape index (κ3) is 2.02. The van der Waals surface area contributed by atoms with Gasteiger partial charge in [-0.05, 0) is 44.2 Å². The van der Waals surface area contributed by atoms with Crippen molar-refractivity contribution in [1.29, 1.82) is 0 Å². The maximum atomic E-state index is 11.3. The van der Waals surface area contributed by atoms with Crippen LogP contribution in [-0.4, -0.2) is 5.78 Å². The zero-order valence-electron chi connectivity index (χ0n) is 9.08. The number of halogens is 1. The quantitative estimate of drug-likeness (QED) is 0.732. The normalized spacial score (nSPS) is 10.4. The van der Waals surface area contributed by atoms with E-state index >= 15 is 0 Å². The van der Waals surface area contributed by atoms with Crippen molar-refractivity contribution < 1.29 is 9.21 Å². The predicted molar refractivity (Wildman–Crippen MR) is 63.9 cm³/mol. The molecule has 2 nitrogen and oxygen atoms in total. The van der Waals surface area contributed by atoms with Crippen molar-refractivity contribution in [2.75, 3.05) is 0 Å². The molecule has 0 radical (unpaired) electrons. The molecule has 2 aromatic rings. The van der Waals surface area contributed by atoms with Gasteiger partial charge < -0.3 is 4.42 Å². The van der Waals surface area contributed by atoms with Gasteiger partial charge in [0.05, 0.1) is 5.56 Å². The maximum absolute atomic E-state index is 11.3. The molecule has 0 N–H and O–H groups in total. The van der Waals surface area contributed by atoms with E-state index in [1.165, 1.54) is 6.92 Å². The summed E-state index contributed by atoms with van der Waals surface area (Å²) in [4.78, 5) is 11.3. The summed E-state index contributed by atoms with van der Waals surface area (Å²) in [6.45, 7) is 3.32. The van der Waals surface area contributed by atoms with Gasteiger partial charge in [0, 0.05) is 10.6 Å². The van der Waals surface area contributed by atoms with Gasteiger partial charge in [0.25, 0.3) is 0 Å². The van der Waals surface area contributed by atoms with E-state index in [1.54, 1.807) is 25.1 Å². The minimum Gasteiger partial charge on any atom is -0.461 e. The molecule has 0 aliphatic carbocycles. The molecule has 0 aliphatic heterocycles. The van der Waals surface area contributed by atoms with Gasteiger partial charge in [0.15, 0.2) is 5.78 Å². The number of hydrogen-bond acceptors (Lipinski definition) is 2. The lowest BCUT2D eigenvalue weighted by Gasteiger charge is -1.95. The standard InChI is InChI=1S/C13H11ClO2/c1-8(15)12-7-13(16-9(12)2)10-3-5-11(14)6-4-10/h3-7H,1-2H3. The fraction of sp³-hybridized carbons (Fsp3) is 0.154. The lowest BCUT2D eigenvalue weighted by atomic mass is 10.1. The summed E-state index contributed by atoms with van der Waals surface area (Å²) >= 11 is 5.80. The van der Waals surface area contributed by atoms with E-state index in [-0.39, 0.29) is 5.78 Å². The average Bonchev–Trinajstić information content (AvgIpc) is 2.61. The van der Waals surface area contributed by atoms with Crippen LogP contribution in [0, 0.1) is 6.92 Å². The number of carbonyl (C=O) groups is 1. The molecule has 0 saturated carbocycles. The second kappa shape index (κ2) is 4.14. The van der Waals surface area contributed by atoms with Crippen molar-refractivity contribution in [3.63, 3.8) is 0 Å². The molecule has 0 spiro atoms. The largest absolute Gasteiger partial charge is 0.461 e. The number of Topliss-reactive ketones (excluding diaryl/α,β-unsaturated/α-hetero) is 1. The summed E-state index contributed by atoms with van der Waals surface area (Å²) in [6.07, 6.45) is 0. The monoisotopic (exact) mass is 234 g/mol. The first-order valence-electron chi connectivity index (χ1n) is 4.95. The molecule has 0 aliphatic rings. The highest BCUT2D eigenvalue weighted by atomic mass is 35.5. The molecule has 0 bridgehead atoms. The number of furan rings is 1. The van der Waals surface area contributed by atoms with Gasteiger partial charge in [0.1, 0.15) is 11.5 Å². The van der Waals surface area contributed by atoms with Crippen molar-refractivity contribution in [3.05, 3.63) is 46.7 Å². The summed E-state index contributed by atoms with van der Waals surface area (Å²) in [5.74, 6) is 1.36. The van der Waals surface area contributed by atoms with Gasteiger partial charge in [-0.25, -0.2) is 0 Å². The molecular formula is C13H11ClO2. The van der Waals surface area contributed by atoms with E-state index in [0.717, 1.165) is 5.56 Å². The molecule has 0 unspecified atom stereocenters. The summed E-state index contributed by atoms with van der Waals surface area (Å²) in [7, 11) is 0. The number of carbonyl (C=O) groups excluding carboxylic acids is 1. The molecule has 1 aromatic carbocycles.